The molecule has 0 saturated heterocycles. The van der Waals surface area contributed by atoms with Crippen LogP contribution in [0.1, 0.15) is 19.8 Å². The highest BCUT2D eigenvalue weighted by atomic mass is 16.4. The van der Waals surface area contributed by atoms with E-state index in [9.17, 15) is 4.79 Å². The molecule has 0 heterocycles. The average Bonchev–Trinajstić information content (AvgIpc) is 2.01. The summed E-state index contributed by atoms with van der Waals surface area (Å²) in [5.41, 5.74) is 0. The highest BCUT2D eigenvalue weighted by Gasteiger charge is 2.02. The first kappa shape index (κ1) is 13.1. The maximum absolute atomic E-state index is 9.91. The quantitative estimate of drug-likeness (QED) is 0.612. The molecule has 5 heteroatoms. The van der Waals surface area contributed by atoms with Crippen molar-refractivity contribution in [3.8, 4) is 6.07 Å². The van der Waals surface area contributed by atoms with Crippen LogP contribution in [0.4, 0.5) is 0 Å². The van der Waals surface area contributed by atoms with Crippen LogP contribution in [0, 0.1) is 17.2 Å². The van der Waals surface area contributed by atoms with Gasteiger partial charge in [0, 0.05) is 12.3 Å². The normalized spacial score (nSPS) is 10.0. The zero-order chi connectivity index (χ0) is 9.98. The van der Waals surface area contributed by atoms with Crippen LogP contribution in [0.2, 0.25) is 0 Å². The standard InChI is InChI=1S/C6H9NO2.CH2O2/c1-5(4-7)2-3-6(8)9;2-1-3/h5H,2-3H2,1H3,(H,8,9);1H,(H,2,3). The van der Waals surface area contributed by atoms with E-state index in [1.54, 1.807) is 6.92 Å². The summed E-state index contributed by atoms with van der Waals surface area (Å²) in [5.74, 6) is -0.974. The summed E-state index contributed by atoms with van der Waals surface area (Å²) in [5, 5.41) is 23.2. The van der Waals surface area contributed by atoms with E-state index >= 15 is 0 Å². The van der Waals surface area contributed by atoms with Gasteiger partial charge in [0.05, 0.1) is 6.07 Å². The molecule has 0 radical (unpaired) electrons. The number of rotatable bonds is 3. The van der Waals surface area contributed by atoms with Crippen molar-refractivity contribution in [2.24, 2.45) is 5.92 Å². The van der Waals surface area contributed by atoms with E-state index in [0.29, 0.717) is 6.42 Å². The zero-order valence-electron chi connectivity index (χ0n) is 6.73. The van der Waals surface area contributed by atoms with Crippen molar-refractivity contribution in [3.05, 3.63) is 0 Å². The summed E-state index contributed by atoms with van der Waals surface area (Å²) in [6, 6.07) is 1.96. The van der Waals surface area contributed by atoms with E-state index in [2.05, 4.69) is 0 Å². The van der Waals surface area contributed by atoms with Gasteiger partial charge in [0.2, 0.25) is 0 Å². The lowest BCUT2D eigenvalue weighted by Crippen LogP contribution is -1.98. The van der Waals surface area contributed by atoms with E-state index in [1.165, 1.54) is 0 Å². The Morgan fingerprint density at radius 3 is 2.42 bits per heavy atom. The van der Waals surface area contributed by atoms with Gasteiger partial charge in [-0.15, -0.1) is 0 Å². The number of carboxylic acid groups (broad SMARTS) is 2. The zero-order valence-corrected chi connectivity index (χ0v) is 6.73. The molecule has 0 rings (SSSR count). The molecule has 0 saturated carbocycles. The Labute approximate surface area is 70.2 Å². The summed E-state index contributed by atoms with van der Waals surface area (Å²) in [7, 11) is 0. The van der Waals surface area contributed by atoms with Crippen LogP contribution in [0.15, 0.2) is 0 Å². The number of carbonyl (C=O) groups is 2. The number of hydrogen-bond donors (Lipinski definition) is 2. The average molecular weight is 173 g/mol. The van der Waals surface area contributed by atoms with Gasteiger partial charge < -0.3 is 10.2 Å². The van der Waals surface area contributed by atoms with Gasteiger partial charge in [-0.25, -0.2) is 0 Å². The van der Waals surface area contributed by atoms with Crippen molar-refractivity contribution in [2.75, 3.05) is 0 Å². The third-order valence-electron chi connectivity index (χ3n) is 1.01. The molecule has 1 atom stereocenters. The topological polar surface area (TPSA) is 98.4 Å². The molecular formula is C7H11NO4. The first-order chi connectivity index (χ1) is 5.58. The van der Waals surface area contributed by atoms with E-state index in [0.717, 1.165) is 0 Å². The largest absolute Gasteiger partial charge is 0.483 e. The molecule has 0 aromatic heterocycles. The molecule has 0 aromatic carbocycles. The fraction of sp³-hybridized carbons (Fsp3) is 0.571. The summed E-state index contributed by atoms with van der Waals surface area (Å²) < 4.78 is 0. The Balaban J connectivity index is 0. The van der Waals surface area contributed by atoms with Crippen molar-refractivity contribution in [2.45, 2.75) is 19.8 Å². The SMILES string of the molecule is CC(C#N)CCC(=O)O.O=CO. The number of nitrogens with zero attached hydrogens (tertiary/aromatic N) is 1. The monoisotopic (exact) mass is 173 g/mol. The second-order valence-electron chi connectivity index (χ2n) is 2.07. The Hall–Kier alpha value is -1.57. The smallest absolute Gasteiger partial charge is 0.303 e. The van der Waals surface area contributed by atoms with Crippen LogP contribution in [0.25, 0.3) is 0 Å². The van der Waals surface area contributed by atoms with Gasteiger partial charge in [-0.1, -0.05) is 0 Å². The van der Waals surface area contributed by atoms with E-state index in [1.807, 2.05) is 6.07 Å². The lowest BCUT2D eigenvalue weighted by atomic mass is 10.1. The van der Waals surface area contributed by atoms with Gasteiger partial charge in [0.15, 0.2) is 0 Å². The predicted octanol–water partition coefficient (Wildman–Crippen LogP) is 0.712. The van der Waals surface area contributed by atoms with Gasteiger partial charge >= 0.3 is 5.97 Å². The van der Waals surface area contributed by atoms with E-state index in [4.69, 9.17) is 20.3 Å². The maximum Gasteiger partial charge on any atom is 0.303 e. The van der Waals surface area contributed by atoms with E-state index in [-0.39, 0.29) is 18.8 Å². The van der Waals surface area contributed by atoms with Crippen molar-refractivity contribution < 1.29 is 19.8 Å². The van der Waals surface area contributed by atoms with Gasteiger partial charge in [-0.3, -0.25) is 9.59 Å². The lowest BCUT2D eigenvalue weighted by molar-refractivity contribution is -0.137. The number of carboxylic acids is 1. The number of nitriles is 1. The molecule has 0 fully saturated rings. The van der Waals surface area contributed by atoms with Gasteiger partial charge in [0.25, 0.3) is 6.47 Å². The van der Waals surface area contributed by atoms with Gasteiger partial charge in [-0.05, 0) is 13.3 Å². The van der Waals surface area contributed by atoms with Gasteiger partial charge in [-0.2, -0.15) is 5.26 Å². The molecule has 0 spiro atoms. The molecule has 68 valence electrons. The van der Waals surface area contributed by atoms with Crippen LogP contribution >= 0.6 is 0 Å². The second-order valence-corrected chi connectivity index (χ2v) is 2.07. The van der Waals surface area contributed by atoms with Crippen molar-refractivity contribution in [1.82, 2.24) is 0 Å². The number of aliphatic carboxylic acids is 1. The van der Waals surface area contributed by atoms with Crippen LogP contribution in [0.3, 0.4) is 0 Å². The Bertz CT molecular complexity index is 173. The fourth-order valence-corrected chi connectivity index (χ4v) is 0.405. The third-order valence-corrected chi connectivity index (χ3v) is 1.01. The first-order valence-electron chi connectivity index (χ1n) is 3.27. The second kappa shape index (κ2) is 9.43. The van der Waals surface area contributed by atoms with Crippen LogP contribution < -0.4 is 0 Å². The molecule has 2 N–H and O–H groups in total. The Kier molecular flexibility index (Phi) is 10.3. The molecule has 0 bridgehead atoms. The molecule has 5 nitrogen and oxygen atoms in total. The summed E-state index contributed by atoms with van der Waals surface area (Å²) in [4.78, 5) is 18.3. The minimum Gasteiger partial charge on any atom is -0.483 e. The molecular weight excluding hydrogens is 162 g/mol. The molecule has 0 aliphatic carbocycles. The Morgan fingerprint density at radius 2 is 2.17 bits per heavy atom. The van der Waals surface area contributed by atoms with Crippen molar-refractivity contribution in [3.63, 3.8) is 0 Å². The lowest BCUT2D eigenvalue weighted by Gasteiger charge is -1.95. The Morgan fingerprint density at radius 1 is 1.75 bits per heavy atom. The number of hydrogen-bond acceptors (Lipinski definition) is 3. The molecule has 0 aromatic rings. The molecule has 0 aliphatic heterocycles. The molecule has 0 amide bonds. The first-order valence-corrected chi connectivity index (χ1v) is 3.27. The highest BCUT2D eigenvalue weighted by Crippen LogP contribution is 2.02. The van der Waals surface area contributed by atoms with Crippen LogP contribution in [0.5, 0.6) is 0 Å². The molecule has 0 aliphatic rings. The maximum atomic E-state index is 9.91. The van der Waals surface area contributed by atoms with Crippen LogP contribution in [-0.2, 0) is 9.59 Å². The molecule has 12 heavy (non-hydrogen) atoms. The minimum absolute atomic E-state index is 0.0920. The fourth-order valence-electron chi connectivity index (χ4n) is 0.405. The van der Waals surface area contributed by atoms with E-state index < -0.39 is 5.97 Å². The van der Waals surface area contributed by atoms with Crippen molar-refractivity contribution >= 4 is 12.4 Å². The summed E-state index contributed by atoms with van der Waals surface area (Å²) in [6.07, 6.45) is 0.542. The molecule has 1 unspecified atom stereocenters. The highest BCUT2D eigenvalue weighted by molar-refractivity contribution is 5.66. The van der Waals surface area contributed by atoms with Gasteiger partial charge in [0.1, 0.15) is 0 Å². The minimum atomic E-state index is -0.836. The predicted molar refractivity (Wildman–Crippen MR) is 40.3 cm³/mol. The summed E-state index contributed by atoms with van der Waals surface area (Å²) in [6.45, 7) is 1.46. The van der Waals surface area contributed by atoms with Crippen molar-refractivity contribution in [1.29, 1.82) is 5.26 Å². The van der Waals surface area contributed by atoms with Crippen LogP contribution in [-0.4, -0.2) is 22.7 Å². The third kappa shape index (κ3) is 15.8. The summed E-state index contributed by atoms with van der Waals surface area (Å²) >= 11 is 0.